The van der Waals surface area contributed by atoms with Gasteiger partial charge < -0.3 is 15.0 Å². The molecule has 1 N–H and O–H groups in total. The third-order valence-corrected chi connectivity index (χ3v) is 5.82. The van der Waals surface area contributed by atoms with Gasteiger partial charge in [0.05, 0.1) is 0 Å². The van der Waals surface area contributed by atoms with E-state index in [1.165, 1.54) is 12.0 Å². The zero-order valence-corrected chi connectivity index (χ0v) is 15.5. The van der Waals surface area contributed by atoms with Crippen LogP contribution < -0.4 is 5.32 Å². The molecule has 2 saturated heterocycles. The van der Waals surface area contributed by atoms with Crippen LogP contribution in [0.1, 0.15) is 44.6 Å². The average molecular weight is 344 g/mol. The summed E-state index contributed by atoms with van der Waals surface area (Å²) in [6, 6.07) is 10.8. The lowest BCUT2D eigenvalue weighted by atomic mass is 9.74. The molecule has 1 aromatic carbocycles. The van der Waals surface area contributed by atoms with Crippen molar-refractivity contribution in [3.05, 3.63) is 35.9 Å². The summed E-state index contributed by atoms with van der Waals surface area (Å²) >= 11 is 0. The second kappa shape index (κ2) is 8.81. The molecule has 0 aliphatic carbocycles. The molecule has 0 saturated carbocycles. The van der Waals surface area contributed by atoms with Crippen LogP contribution in [0, 0.1) is 5.92 Å². The summed E-state index contributed by atoms with van der Waals surface area (Å²) in [6.07, 6.45) is 5.10. The van der Waals surface area contributed by atoms with Gasteiger partial charge in [-0.2, -0.15) is 0 Å². The van der Waals surface area contributed by atoms with Crippen LogP contribution in [0.5, 0.6) is 0 Å². The van der Waals surface area contributed by atoms with Crippen molar-refractivity contribution < 1.29 is 9.53 Å². The highest BCUT2D eigenvalue weighted by atomic mass is 16.5. The summed E-state index contributed by atoms with van der Waals surface area (Å²) in [5.74, 6) is 0.953. The normalized spacial score (nSPS) is 23.4. The van der Waals surface area contributed by atoms with Gasteiger partial charge >= 0.3 is 0 Å². The molecule has 1 atom stereocenters. The quantitative estimate of drug-likeness (QED) is 0.807. The fraction of sp³-hybridized carbons (Fsp3) is 0.667. The predicted octanol–water partition coefficient (Wildman–Crippen LogP) is 2.97. The van der Waals surface area contributed by atoms with Crippen LogP contribution in [0.3, 0.4) is 0 Å². The predicted molar refractivity (Wildman–Crippen MR) is 101 cm³/mol. The third kappa shape index (κ3) is 4.83. The van der Waals surface area contributed by atoms with Gasteiger partial charge in [0.15, 0.2) is 0 Å². The fourth-order valence-electron chi connectivity index (χ4n) is 4.22. The first-order valence-electron chi connectivity index (χ1n) is 9.81. The van der Waals surface area contributed by atoms with E-state index in [1.54, 1.807) is 0 Å². The van der Waals surface area contributed by atoms with Gasteiger partial charge in [-0.15, -0.1) is 0 Å². The number of nitrogens with zero attached hydrogens (tertiary/aromatic N) is 1. The molecule has 1 amide bonds. The van der Waals surface area contributed by atoms with Crippen LogP contribution in [0.4, 0.5) is 0 Å². The lowest BCUT2D eigenvalue weighted by molar-refractivity contribution is -0.132. The monoisotopic (exact) mass is 344 g/mol. The number of likely N-dealkylation sites (tertiary alicyclic amines) is 1. The molecule has 4 nitrogen and oxygen atoms in total. The maximum Gasteiger partial charge on any atom is 0.223 e. The zero-order valence-electron chi connectivity index (χ0n) is 15.5. The van der Waals surface area contributed by atoms with E-state index in [2.05, 4.69) is 47.5 Å². The Bertz CT molecular complexity index is 540. The van der Waals surface area contributed by atoms with Gasteiger partial charge in [-0.05, 0) is 37.2 Å². The number of benzene rings is 1. The standard InChI is InChI=1S/C21H32N2O2/c1-18-6-5-13-23(16-18)20(24)9-12-22-17-21(10-14-25-15-11-21)19-7-3-2-4-8-19/h2-4,7-8,18,22H,5-6,9-17H2,1H3. The van der Waals surface area contributed by atoms with Gasteiger partial charge in [0, 0.05) is 51.2 Å². The number of carbonyl (C=O) groups is 1. The first kappa shape index (κ1) is 18.4. The Hall–Kier alpha value is -1.39. The lowest BCUT2D eigenvalue weighted by Gasteiger charge is -2.38. The minimum Gasteiger partial charge on any atom is -0.381 e. The van der Waals surface area contributed by atoms with E-state index in [-0.39, 0.29) is 5.41 Å². The number of carbonyl (C=O) groups excluding carboxylic acids is 1. The Kier molecular flexibility index (Phi) is 6.49. The molecule has 1 unspecified atom stereocenters. The van der Waals surface area contributed by atoms with Gasteiger partial charge in [-0.1, -0.05) is 37.3 Å². The number of amides is 1. The molecule has 0 bridgehead atoms. The van der Waals surface area contributed by atoms with Crippen molar-refractivity contribution in [1.82, 2.24) is 10.2 Å². The molecule has 3 rings (SSSR count). The third-order valence-electron chi connectivity index (χ3n) is 5.82. The Morgan fingerprint density at radius 1 is 1.28 bits per heavy atom. The van der Waals surface area contributed by atoms with Crippen LogP contribution in [-0.4, -0.2) is 50.2 Å². The SMILES string of the molecule is CC1CCCN(C(=O)CCNCC2(c3ccccc3)CCOCC2)C1. The molecule has 25 heavy (non-hydrogen) atoms. The Balaban J connectivity index is 1.49. The highest BCUT2D eigenvalue weighted by Gasteiger charge is 2.34. The number of hydrogen-bond acceptors (Lipinski definition) is 3. The summed E-state index contributed by atoms with van der Waals surface area (Å²) in [5, 5.41) is 3.57. The summed E-state index contributed by atoms with van der Waals surface area (Å²) in [6.45, 7) is 7.44. The minimum atomic E-state index is 0.141. The Labute approximate surface area is 151 Å². The fourth-order valence-corrected chi connectivity index (χ4v) is 4.22. The molecule has 2 aliphatic rings. The molecule has 0 aromatic heterocycles. The summed E-state index contributed by atoms with van der Waals surface area (Å²) < 4.78 is 5.59. The number of piperidine rings is 1. The van der Waals surface area contributed by atoms with Gasteiger partial charge in [0.25, 0.3) is 0 Å². The molecule has 4 heteroatoms. The molecule has 1 aromatic rings. The number of hydrogen-bond donors (Lipinski definition) is 1. The van der Waals surface area contributed by atoms with Crippen molar-refractivity contribution in [2.24, 2.45) is 5.92 Å². The number of nitrogens with one attached hydrogen (secondary N) is 1. The molecule has 2 aliphatic heterocycles. The van der Waals surface area contributed by atoms with Crippen molar-refractivity contribution in [1.29, 1.82) is 0 Å². The van der Waals surface area contributed by atoms with E-state index in [0.717, 1.165) is 58.7 Å². The van der Waals surface area contributed by atoms with Crippen LogP contribution in [0.15, 0.2) is 30.3 Å². The van der Waals surface area contributed by atoms with Crippen LogP contribution >= 0.6 is 0 Å². The number of ether oxygens (including phenoxy) is 1. The van der Waals surface area contributed by atoms with Crippen molar-refractivity contribution in [2.45, 2.75) is 44.4 Å². The van der Waals surface area contributed by atoms with E-state index in [9.17, 15) is 4.79 Å². The molecule has 2 fully saturated rings. The Morgan fingerprint density at radius 2 is 2.04 bits per heavy atom. The first-order valence-corrected chi connectivity index (χ1v) is 9.81. The minimum absolute atomic E-state index is 0.141. The molecular weight excluding hydrogens is 312 g/mol. The summed E-state index contributed by atoms with van der Waals surface area (Å²) in [7, 11) is 0. The van der Waals surface area contributed by atoms with Crippen LogP contribution in [-0.2, 0) is 14.9 Å². The molecule has 0 radical (unpaired) electrons. The Morgan fingerprint density at radius 3 is 2.76 bits per heavy atom. The summed E-state index contributed by atoms with van der Waals surface area (Å²) in [4.78, 5) is 14.5. The molecule has 0 spiro atoms. The van der Waals surface area contributed by atoms with Gasteiger partial charge in [0.2, 0.25) is 5.91 Å². The van der Waals surface area contributed by atoms with Crippen molar-refractivity contribution in [2.75, 3.05) is 39.4 Å². The van der Waals surface area contributed by atoms with Gasteiger partial charge in [0.1, 0.15) is 0 Å². The van der Waals surface area contributed by atoms with Crippen molar-refractivity contribution in [3.63, 3.8) is 0 Å². The van der Waals surface area contributed by atoms with E-state index in [0.29, 0.717) is 18.2 Å². The first-order chi connectivity index (χ1) is 12.2. The lowest BCUT2D eigenvalue weighted by Crippen LogP contribution is -2.44. The van der Waals surface area contributed by atoms with Crippen LogP contribution in [0.2, 0.25) is 0 Å². The molecule has 138 valence electrons. The molecule has 2 heterocycles. The second-order valence-corrected chi connectivity index (χ2v) is 7.77. The maximum absolute atomic E-state index is 12.4. The highest BCUT2D eigenvalue weighted by molar-refractivity contribution is 5.76. The zero-order chi connectivity index (χ0) is 17.5. The average Bonchev–Trinajstić information content (AvgIpc) is 2.66. The largest absolute Gasteiger partial charge is 0.381 e. The second-order valence-electron chi connectivity index (χ2n) is 7.77. The van der Waals surface area contributed by atoms with E-state index < -0.39 is 0 Å². The summed E-state index contributed by atoms with van der Waals surface area (Å²) in [5.41, 5.74) is 1.53. The maximum atomic E-state index is 12.4. The van der Waals surface area contributed by atoms with E-state index in [1.807, 2.05) is 0 Å². The topological polar surface area (TPSA) is 41.6 Å². The number of rotatable bonds is 6. The van der Waals surface area contributed by atoms with E-state index in [4.69, 9.17) is 4.74 Å². The van der Waals surface area contributed by atoms with Crippen molar-refractivity contribution in [3.8, 4) is 0 Å². The highest BCUT2D eigenvalue weighted by Crippen LogP contribution is 2.34. The van der Waals surface area contributed by atoms with Crippen LogP contribution in [0.25, 0.3) is 0 Å². The van der Waals surface area contributed by atoms with E-state index >= 15 is 0 Å². The van der Waals surface area contributed by atoms with Gasteiger partial charge in [-0.3, -0.25) is 4.79 Å². The van der Waals surface area contributed by atoms with Gasteiger partial charge in [-0.25, -0.2) is 0 Å². The van der Waals surface area contributed by atoms with Crippen molar-refractivity contribution >= 4 is 5.91 Å². The molecular formula is C21H32N2O2. The smallest absolute Gasteiger partial charge is 0.223 e.